The first kappa shape index (κ1) is 14.7. The van der Waals surface area contributed by atoms with E-state index in [1.165, 1.54) is 0 Å². The van der Waals surface area contributed by atoms with E-state index in [0.29, 0.717) is 24.6 Å². The molecule has 0 saturated heterocycles. The third kappa shape index (κ3) is 3.44. The van der Waals surface area contributed by atoms with E-state index in [1.54, 1.807) is 0 Å². The fourth-order valence-corrected chi connectivity index (χ4v) is 2.38. The molecule has 0 fully saturated rings. The van der Waals surface area contributed by atoms with Gasteiger partial charge in [0, 0.05) is 24.5 Å². The molecule has 110 valence electrons. The maximum atomic E-state index is 11.9. The van der Waals surface area contributed by atoms with Gasteiger partial charge in [0.25, 0.3) is 0 Å². The summed E-state index contributed by atoms with van der Waals surface area (Å²) in [5, 5.41) is 2.93. The van der Waals surface area contributed by atoms with Gasteiger partial charge in [0.05, 0.1) is 12.3 Å². The quantitative estimate of drug-likeness (QED) is 0.897. The molecule has 0 radical (unpaired) electrons. The average Bonchev–Trinajstić information content (AvgIpc) is 2.68. The van der Waals surface area contributed by atoms with Gasteiger partial charge < -0.3 is 14.8 Å². The van der Waals surface area contributed by atoms with Gasteiger partial charge in [-0.25, -0.2) is 0 Å². The number of benzene rings is 1. The highest BCUT2D eigenvalue weighted by Gasteiger charge is 2.22. The molecule has 20 heavy (non-hydrogen) atoms. The number of rotatable bonds is 5. The Morgan fingerprint density at radius 1 is 1.50 bits per heavy atom. The maximum Gasteiger partial charge on any atom is 0.224 e. The SMILES string of the molecule is CCOc1cc2c(cc1NC(=O)CC(C)C)O[C@H](C)C2. The van der Waals surface area contributed by atoms with Crippen molar-refractivity contribution in [3.63, 3.8) is 0 Å². The second-order valence-electron chi connectivity index (χ2n) is 5.67. The minimum atomic E-state index is 0.00643. The Morgan fingerprint density at radius 2 is 2.25 bits per heavy atom. The average molecular weight is 277 g/mol. The highest BCUT2D eigenvalue weighted by molar-refractivity contribution is 5.92. The number of amides is 1. The molecule has 1 aromatic carbocycles. The number of nitrogens with one attached hydrogen (secondary N) is 1. The van der Waals surface area contributed by atoms with Crippen LogP contribution in [0.2, 0.25) is 0 Å². The van der Waals surface area contributed by atoms with Gasteiger partial charge in [0.2, 0.25) is 5.91 Å². The molecule has 1 atom stereocenters. The summed E-state index contributed by atoms with van der Waals surface area (Å²) in [6, 6.07) is 3.86. The van der Waals surface area contributed by atoms with Crippen LogP contribution in [0.4, 0.5) is 5.69 Å². The van der Waals surface area contributed by atoms with Crippen LogP contribution < -0.4 is 14.8 Å². The monoisotopic (exact) mass is 277 g/mol. The lowest BCUT2D eigenvalue weighted by Gasteiger charge is -2.14. The van der Waals surface area contributed by atoms with Crippen LogP contribution in [0.25, 0.3) is 0 Å². The van der Waals surface area contributed by atoms with Crippen LogP contribution in [-0.4, -0.2) is 18.6 Å². The van der Waals surface area contributed by atoms with Crippen molar-refractivity contribution < 1.29 is 14.3 Å². The van der Waals surface area contributed by atoms with E-state index in [-0.39, 0.29) is 12.0 Å². The summed E-state index contributed by atoms with van der Waals surface area (Å²) in [7, 11) is 0. The van der Waals surface area contributed by atoms with E-state index in [9.17, 15) is 4.79 Å². The van der Waals surface area contributed by atoms with Gasteiger partial charge in [-0.3, -0.25) is 4.79 Å². The van der Waals surface area contributed by atoms with Crippen molar-refractivity contribution in [3.8, 4) is 11.5 Å². The van der Waals surface area contributed by atoms with E-state index < -0.39 is 0 Å². The molecule has 1 heterocycles. The maximum absolute atomic E-state index is 11.9. The first-order valence-corrected chi connectivity index (χ1v) is 7.25. The van der Waals surface area contributed by atoms with Crippen LogP contribution in [-0.2, 0) is 11.2 Å². The molecule has 2 rings (SSSR count). The van der Waals surface area contributed by atoms with Gasteiger partial charge in [-0.2, -0.15) is 0 Å². The minimum Gasteiger partial charge on any atom is -0.492 e. The number of carbonyl (C=O) groups excluding carboxylic acids is 1. The van der Waals surface area contributed by atoms with Crippen molar-refractivity contribution in [1.29, 1.82) is 0 Å². The lowest BCUT2D eigenvalue weighted by molar-refractivity contribution is -0.116. The van der Waals surface area contributed by atoms with Crippen molar-refractivity contribution in [2.75, 3.05) is 11.9 Å². The molecule has 0 bridgehead atoms. The second kappa shape index (κ2) is 6.16. The molecule has 4 nitrogen and oxygen atoms in total. The van der Waals surface area contributed by atoms with Gasteiger partial charge >= 0.3 is 0 Å². The molecule has 1 N–H and O–H groups in total. The molecule has 0 spiro atoms. The topological polar surface area (TPSA) is 47.6 Å². The summed E-state index contributed by atoms with van der Waals surface area (Å²) < 4.78 is 11.4. The van der Waals surface area contributed by atoms with Crippen molar-refractivity contribution in [3.05, 3.63) is 17.7 Å². The Bertz CT molecular complexity index is 497. The van der Waals surface area contributed by atoms with Crippen LogP contribution in [0.1, 0.15) is 39.7 Å². The molecular formula is C16H23NO3. The number of fused-ring (bicyclic) bond motifs is 1. The lowest BCUT2D eigenvalue weighted by Crippen LogP contribution is -2.14. The van der Waals surface area contributed by atoms with Gasteiger partial charge in [0.15, 0.2) is 0 Å². The first-order valence-electron chi connectivity index (χ1n) is 7.25. The van der Waals surface area contributed by atoms with Crippen molar-refractivity contribution >= 4 is 11.6 Å². The molecule has 0 saturated carbocycles. The molecule has 1 aliphatic heterocycles. The highest BCUT2D eigenvalue weighted by atomic mass is 16.5. The van der Waals surface area contributed by atoms with Crippen LogP contribution in [0, 0.1) is 5.92 Å². The number of ether oxygens (including phenoxy) is 2. The van der Waals surface area contributed by atoms with Gasteiger partial charge in [-0.15, -0.1) is 0 Å². The predicted octanol–water partition coefficient (Wildman–Crippen LogP) is 3.39. The Kier molecular flexibility index (Phi) is 4.53. The Hall–Kier alpha value is -1.71. The molecule has 1 aliphatic rings. The molecular weight excluding hydrogens is 254 g/mol. The number of hydrogen-bond acceptors (Lipinski definition) is 3. The fourth-order valence-electron chi connectivity index (χ4n) is 2.38. The summed E-state index contributed by atoms with van der Waals surface area (Å²) in [6.45, 7) is 8.60. The largest absolute Gasteiger partial charge is 0.492 e. The number of anilines is 1. The minimum absolute atomic E-state index is 0.00643. The third-order valence-electron chi connectivity index (χ3n) is 3.17. The van der Waals surface area contributed by atoms with E-state index in [1.807, 2.05) is 39.8 Å². The normalized spacial score (nSPS) is 16.8. The van der Waals surface area contributed by atoms with Crippen LogP contribution in [0.3, 0.4) is 0 Å². The van der Waals surface area contributed by atoms with E-state index >= 15 is 0 Å². The first-order chi connectivity index (χ1) is 9.49. The Labute approximate surface area is 120 Å². The molecule has 1 aromatic rings. The summed E-state index contributed by atoms with van der Waals surface area (Å²) in [5.41, 5.74) is 1.84. The van der Waals surface area contributed by atoms with Gasteiger partial charge in [0.1, 0.15) is 17.6 Å². The highest BCUT2D eigenvalue weighted by Crippen LogP contribution is 2.38. The van der Waals surface area contributed by atoms with E-state index in [2.05, 4.69) is 5.32 Å². The van der Waals surface area contributed by atoms with Gasteiger partial charge in [-0.1, -0.05) is 13.8 Å². The zero-order chi connectivity index (χ0) is 14.7. The van der Waals surface area contributed by atoms with E-state index in [0.717, 1.165) is 23.5 Å². The van der Waals surface area contributed by atoms with Crippen LogP contribution in [0.5, 0.6) is 11.5 Å². The van der Waals surface area contributed by atoms with Crippen LogP contribution in [0.15, 0.2) is 12.1 Å². The van der Waals surface area contributed by atoms with E-state index in [4.69, 9.17) is 9.47 Å². The van der Waals surface area contributed by atoms with Crippen molar-refractivity contribution in [1.82, 2.24) is 0 Å². The molecule has 0 aromatic heterocycles. The zero-order valence-corrected chi connectivity index (χ0v) is 12.7. The predicted molar refractivity (Wildman–Crippen MR) is 79.5 cm³/mol. The third-order valence-corrected chi connectivity index (χ3v) is 3.17. The Balaban J connectivity index is 2.22. The standard InChI is InChI=1S/C16H23NO3/c1-5-19-15-8-12-7-11(4)20-14(12)9-13(15)17-16(18)6-10(2)3/h8-11H,5-7H2,1-4H3,(H,17,18)/t11-/m1/s1. The van der Waals surface area contributed by atoms with Crippen molar-refractivity contribution in [2.45, 2.75) is 46.6 Å². The molecule has 1 amide bonds. The lowest BCUT2D eigenvalue weighted by atomic mass is 10.1. The fraction of sp³-hybridized carbons (Fsp3) is 0.562. The van der Waals surface area contributed by atoms with Gasteiger partial charge in [-0.05, 0) is 25.8 Å². The number of carbonyl (C=O) groups is 1. The number of hydrogen-bond donors (Lipinski definition) is 1. The molecule has 0 unspecified atom stereocenters. The summed E-state index contributed by atoms with van der Waals surface area (Å²) in [5.74, 6) is 1.91. The summed E-state index contributed by atoms with van der Waals surface area (Å²) in [4.78, 5) is 11.9. The smallest absolute Gasteiger partial charge is 0.224 e. The summed E-state index contributed by atoms with van der Waals surface area (Å²) >= 11 is 0. The summed E-state index contributed by atoms with van der Waals surface area (Å²) in [6.07, 6.45) is 1.57. The Morgan fingerprint density at radius 3 is 2.90 bits per heavy atom. The molecule has 0 aliphatic carbocycles. The second-order valence-corrected chi connectivity index (χ2v) is 5.67. The van der Waals surface area contributed by atoms with Crippen LogP contribution >= 0.6 is 0 Å². The van der Waals surface area contributed by atoms with Crippen molar-refractivity contribution in [2.24, 2.45) is 5.92 Å². The zero-order valence-electron chi connectivity index (χ0n) is 12.7. The molecule has 4 heteroatoms.